The van der Waals surface area contributed by atoms with Crippen LogP contribution in [0.5, 0.6) is 0 Å². The molecule has 0 saturated carbocycles. The van der Waals surface area contributed by atoms with Gasteiger partial charge in [-0.05, 0) is 19.3 Å². The summed E-state index contributed by atoms with van der Waals surface area (Å²) in [5.74, 6) is -0.108. The minimum absolute atomic E-state index is 0.0339. The number of hydrogen-bond acceptors (Lipinski definition) is 4. The first-order valence-corrected chi connectivity index (χ1v) is 8.61. The number of nitrogens with one attached hydrogen (secondary N) is 1. The molecule has 1 heterocycles. The zero-order valence-corrected chi connectivity index (χ0v) is 12.5. The Labute approximate surface area is 115 Å². The van der Waals surface area contributed by atoms with Crippen molar-refractivity contribution in [2.45, 2.75) is 38.7 Å². The van der Waals surface area contributed by atoms with Crippen molar-refractivity contribution in [1.82, 2.24) is 9.62 Å². The number of amides is 1. The van der Waals surface area contributed by atoms with Gasteiger partial charge in [0.1, 0.15) is 0 Å². The van der Waals surface area contributed by atoms with Crippen molar-refractivity contribution in [1.29, 1.82) is 0 Å². The Morgan fingerprint density at radius 2 is 2.21 bits per heavy atom. The molecule has 6 nitrogen and oxygen atoms in total. The largest absolute Gasteiger partial charge is 0.377 e. The first-order chi connectivity index (χ1) is 8.93. The minimum atomic E-state index is -3.30. The molecule has 19 heavy (non-hydrogen) atoms. The monoisotopic (exact) mass is 292 g/mol. The minimum Gasteiger partial charge on any atom is -0.377 e. The third-order valence-electron chi connectivity index (χ3n) is 3.06. The Balaban J connectivity index is 2.43. The van der Waals surface area contributed by atoms with Crippen LogP contribution in [0.2, 0.25) is 0 Å². The zero-order valence-electron chi connectivity index (χ0n) is 11.7. The molecule has 0 aliphatic carbocycles. The highest BCUT2D eigenvalue weighted by Crippen LogP contribution is 2.15. The summed E-state index contributed by atoms with van der Waals surface area (Å²) in [5, 5.41) is 2.74. The van der Waals surface area contributed by atoms with E-state index in [9.17, 15) is 13.2 Å². The third kappa shape index (κ3) is 6.35. The molecule has 0 bridgehead atoms. The van der Waals surface area contributed by atoms with Crippen LogP contribution in [-0.2, 0) is 19.6 Å². The fourth-order valence-corrected chi connectivity index (χ4v) is 2.85. The number of rotatable bonds is 8. The second-order valence-electron chi connectivity index (χ2n) is 4.86. The molecule has 0 radical (unpaired) electrons. The maximum absolute atomic E-state index is 11.7. The molecule has 0 aromatic rings. The topological polar surface area (TPSA) is 75.7 Å². The predicted octanol–water partition coefficient (Wildman–Crippen LogP) is 0.343. The van der Waals surface area contributed by atoms with Crippen molar-refractivity contribution >= 4 is 15.9 Å². The Morgan fingerprint density at radius 1 is 1.47 bits per heavy atom. The Hall–Kier alpha value is -0.660. The second kappa shape index (κ2) is 7.81. The molecule has 112 valence electrons. The van der Waals surface area contributed by atoms with Gasteiger partial charge in [0.15, 0.2) is 0 Å². The quantitative estimate of drug-likeness (QED) is 0.700. The van der Waals surface area contributed by atoms with Crippen LogP contribution < -0.4 is 5.32 Å². The lowest BCUT2D eigenvalue weighted by molar-refractivity contribution is -0.121. The maximum atomic E-state index is 11.7. The van der Waals surface area contributed by atoms with Crippen LogP contribution in [-0.4, -0.2) is 57.2 Å². The third-order valence-corrected chi connectivity index (χ3v) is 4.33. The molecule has 7 heteroatoms. The van der Waals surface area contributed by atoms with Gasteiger partial charge in [-0.2, -0.15) is 4.31 Å². The van der Waals surface area contributed by atoms with E-state index < -0.39 is 10.0 Å². The molecule has 1 rings (SSSR count). The van der Waals surface area contributed by atoms with Crippen molar-refractivity contribution in [3.63, 3.8) is 0 Å². The highest BCUT2D eigenvalue weighted by atomic mass is 32.2. The summed E-state index contributed by atoms with van der Waals surface area (Å²) in [5.41, 5.74) is 0. The SMILES string of the molecule is CCCNC(=O)CCN(CC1CCCO1)S(C)(=O)=O. The van der Waals surface area contributed by atoms with Gasteiger partial charge in [0.2, 0.25) is 15.9 Å². The van der Waals surface area contributed by atoms with Gasteiger partial charge in [0.25, 0.3) is 0 Å². The van der Waals surface area contributed by atoms with E-state index in [-0.39, 0.29) is 25.0 Å². The molecule has 1 amide bonds. The van der Waals surface area contributed by atoms with Gasteiger partial charge in [0.05, 0.1) is 12.4 Å². The number of hydrogen-bond donors (Lipinski definition) is 1. The molecule has 1 saturated heterocycles. The fourth-order valence-electron chi connectivity index (χ4n) is 1.99. The van der Waals surface area contributed by atoms with E-state index in [1.54, 1.807) is 0 Å². The van der Waals surface area contributed by atoms with Crippen LogP contribution >= 0.6 is 0 Å². The Kier molecular flexibility index (Phi) is 6.74. The summed E-state index contributed by atoms with van der Waals surface area (Å²) in [6.45, 7) is 3.86. The normalized spacial score (nSPS) is 19.8. The Bertz CT molecular complexity index is 377. The summed E-state index contributed by atoms with van der Waals surface area (Å²) in [6, 6.07) is 0. The van der Waals surface area contributed by atoms with Crippen molar-refractivity contribution in [3.8, 4) is 0 Å². The number of carbonyl (C=O) groups is 1. The summed E-state index contributed by atoms with van der Waals surface area (Å²) >= 11 is 0. The van der Waals surface area contributed by atoms with E-state index in [0.717, 1.165) is 19.3 Å². The van der Waals surface area contributed by atoms with E-state index in [0.29, 0.717) is 19.7 Å². The summed E-state index contributed by atoms with van der Waals surface area (Å²) < 4.78 is 30.2. The fraction of sp³-hybridized carbons (Fsp3) is 0.917. The smallest absolute Gasteiger partial charge is 0.221 e. The Morgan fingerprint density at radius 3 is 2.74 bits per heavy atom. The van der Waals surface area contributed by atoms with Crippen molar-refractivity contribution in [2.24, 2.45) is 0 Å². The van der Waals surface area contributed by atoms with Gasteiger partial charge in [-0.1, -0.05) is 6.92 Å². The van der Waals surface area contributed by atoms with Gasteiger partial charge in [-0.25, -0.2) is 8.42 Å². The van der Waals surface area contributed by atoms with Gasteiger partial charge in [-0.15, -0.1) is 0 Å². The first-order valence-electron chi connectivity index (χ1n) is 6.77. The summed E-state index contributed by atoms with van der Waals surface area (Å²) in [7, 11) is -3.30. The molecular weight excluding hydrogens is 268 g/mol. The molecule has 1 aliphatic heterocycles. The van der Waals surface area contributed by atoms with Gasteiger partial charge >= 0.3 is 0 Å². The molecule has 0 aromatic heterocycles. The lowest BCUT2D eigenvalue weighted by Crippen LogP contribution is -2.39. The number of sulfonamides is 1. The first kappa shape index (κ1) is 16.4. The molecule has 1 fully saturated rings. The van der Waals surface area contributed by atoms with E-state index >= 15 is 0 Å². The van der Waals surface area contributed by atoms with Crippen LogP contribution in [0, 0.1) is 0 Å². The molecule has 1 unspecified atom stereocenters. The van der Waals surface area contributed by atoms with Gasteiger partial charge in [-0.3, -0.25) is 4.79 Å². The summed E-state index contributed by atoms with van der Waals surface area (Å²) in [6.07, 6.45) is 4.06. The van der Waals surface area contributed by atoms with Gasteiger partial charge in [0, 0.05) is 32.7 Å². The van der Waals surface area contributed by atoms with Crippen molar-refractivity contribution < 1.29 is 17.9 Å². The average molecular weight is 292 g/mol. The molecule has 0 spiro atoms. The molecule has 1 N–H and O–H groups in total. The molecular formula is C12H24N2O4S. The number of carbonyl (C=O) groups excluding carboxylic acids is 1. The highest BCUT2D eigenvalue weighted by Gasteiger charge is 2.24. The van der Waals surface area contributed by atoms with Gasteiger partial charge < -0.3 is 10.1 Å². The zero-order chi connectivity index (χ0) is 14.3. The van der Waals surface area contributed by atoms with Crippen molar-refractivity contribution in [3.05, 3.63) is 0 Å². The number of ether oxygens (including phenoxy) is 1. The van der Waals surface area contributed by atoms with Crippen LogP contribution in [0.25, 0.3) is 0 Å². The van der Waals surface area contributed by atoms with Crippen LogP contribution in [0.3, 0.4) is 0 Å². The lowest BCUT2D eigenvalue weighted by Gasteiger charge is -2.22. The van der Waals surface area contributed by atoms with Crippen LogP contribution in [0.15, 0.2) is 0 Å². The second-order valence-corrected chi connectivity index (χ2v) is 6.84. The highest BCUT2D eigenvalue weighted by molar-refractivity contribution is 7.88. The van der Waals surface area contributed by atoms with E-state index in [1.165, 1.54) is 10.6 Å². The van der Waals surface area contributed by atoms with Crippen molar-refractivity contribution in [2.75, 3.05) is 32.5 Å². The molecule has 1 atom stereocenters. The molecule has 0 aromatic carbocycles. The van der Waals surface area contributed by atoms with Crippen LogP contribution in [0.1, 0.15) is 32.6 Å². The standard InChI is InChI=1S/C12H24N2O4S/c1-3-7-13-12(15)6-8-14(19(2,16)17)10-11-5-4-9-18-11/h11H,3-10H2,1-2H3,(H,13,15). The number of nitrogens with zero attached hydrogens (tertiary/aromatic N) is 1. The predicted molar refractivity (Wildman–Crippen MR) is 73.3 cm³/mol. The summed E-state index contributed by atoms with van der Waals surface area (Å²) in [4.78, 5) is 11.5. The van der Waals surface area contributed by atoms with Crippen LogP contribution in [0.4, 0.5) is 0 Å². The maximum Gasteiger partial charge on any atom is 0.221 e. The molecule has 1 aliphatic rings. The average Bonchev–Trinajstić information content (AvgIpc) is 2.83. The van der Waals surface area contributed by atoms with E-state index in [2.05, 4.69) is 5.32 Å². The van der Waals surface area contributed by atoms with E-state index in [1.807, 2.05) is 6.92 Å². The lowest BCUT2D eigenvalue weighted by atomic mass is 10.2. The van der Waals surface area contributed by atoms with E-state index in [4.69, 9.17) is 4.74 Å².